The van der Waals surface area contributed by atoms with Crippen molar-refractivity contribution in [2.24, 2.45) is 0 Å². The van der Waals surface area contributed by atoms with Crippen molar-refractivity contribution in [3.05, 3.63) is 28.2 Å². The Balaban J connectivity index is 2.06. The first-order valence-electron chi connectivity index (χ1n) is 7.66. The molecule has 1 aromatic carbocycles. The van der Waals surface area contributed by atoms with E-state index in [0.717, 1.165) is 4.47 Å². The lowest BCUT2D eigenvalue weighted by Crippen LogP contribution is -2.43. The summed E-state index contributed by atoms with van der Waals surface area (Å²) in [6.07, 6.45) is 0.457. The van der Waals surface area contributed by atoms with Gasteiger partial charge in [0.15, 0.2) is 22.2 Å². The zero-order valence-electron chi connectivity index (χ0n) is 13.6. The van der Waals surface area contributed by atoms with Crippen LogP contribution in [0.5, 0.6) is 5.75 Å². The van der Waals surface area contributed by atoms with Gasteiger partial charge in [-0.3, -0.25) is 9.59 Å². The summed E-state index contributed by atoms with van der Waals surface area (Å²) in [6, 6.07) is 4.70. The smallest absolute Gasteiger partial charge is 0.260 e. The van der Waals surface area contributed by atoms with Crippen molar-refractivity contribution < 1.29 is 22.7 Å². The number of hydrogen-bond acceptors (Lipinski definition) is 5. The lowest BCUT2D eigenvalue weighted by Gasteiger charge is -2.27. The van der Waals surface area contributed by atoms with Crippen LogP contribution in [0.1, 0.15) is 30.6 Å². The topological polar surface area (TPSA) is 80.8 Å². The summed E-state index contributed by atoms with van der Waals surface area (Å²) < 4.78 is 29.5. The second-order valence-electron chi connectivity index (χ2n) is 5.72. The second-order valence-corrected chi connectivity index (χ2v) is 8.87. The monoisotopic (exact) mass is 417 g/mol. The first-order valence-corrected chi connectivity index (χ1v) is 10.3. The van der Waals surface area contributed by atoms with Gasteiger partial charge in [-0.15, -0.1) is 0 Å². The average molecular weight is 418 g/mol. The number of Topliss-reactive ketones (excluding diaryl/α,β-unsaturated/α-hetero) is 1. The number of ether oxygens (including phenoxy) is 1. The van der Waals surface area contributed by atoms with Crippen LogP contribution in [-0.2, 0) is 14.6 Å². The third-order valence-corrected chi connectivity index (χ3v) is 6.23. The van der Waals surface area contributed by atoms with E-state index in [9.17, 15) is 18.0 Å². The third kappa shape index (κ3) is 4.57. The molecule has 0 aliphatic carbocycles. The SMILES string of the molecule is CCN(C(=O)COc1ccc(Br)cc1C(C)=O)C1CCS(=O)(=O)C1. The molecule has 1 aromatic rings. The summed E-state index contributed by atoms with van der Waals surface area (Å²) in [4.78, 5) is 25.6. The molecule has 1 amide bonds. The minimum Gasteiger partial charge on any atom is -0.483 e. The summed E-state index contributed by atoms with van der Waals surface area (Å²) in [7, 11) is -3.06. The second kappa shape index (κ2) is 7.65. The predicted molar refractivity (Wildman–Crippen MR) is 94.1 cm³/mol. The zero-order chi connectivity index (χ0) is 17.9. The van der Waals surface area contributed by atoms with Crippen LogP contribution >= 0.6 is 15.9 Å². The van der Waals surface area contributed by atoms with E-state index in [4.69, 9.17) is 4.74 Å². The number of sulfone groups is 1. The molecule has 1 saturated heterocycles. The standard InChI is InChI=1S/C16H20BrNO5S/c1-3-18(13-6-7-24(21,22)10-13)16(20)9-23-15-5-4-12(17)8-14(15)11(2)19/h4-5,8,13H,3,6-7,9-10H2,1-2H3. The molecule has 0 radical (unpaired) electrons. The number of carbonyl (C=O) groups is 2. The molecule has 8 heteroatoms. The molecule has 1 heterocycles. The molecule has 0 N–H and O–H groups in total. The van der Waals surface area contributed by atoms with Gasteiger partial charge >= 0.3 is 0 Å². The van der Waals surface area contributed by atoms with Gasteiger partial charge in [0, 0.05) is 17.1 Å². The Morgan fingerprint density at radius 3 is 2.62 bits per heavy atom. The number of rotatable bonds is 6. The number of halogens is 1. The van der Waals surface area contributed by atoms with Crippen LogP contribution in [0, 0.1) is 0 Å². The van der Waals surface area contributed by atoms with Gasteiger partial charge in [-0.25, -0.2) is 8.42 Å². The van der Waals surface area contributed by atoms with Gasteiger partial charge in [-0.05, 0) is 38.5 Å². The van der Waals surface area contributed by atoms with Crippen molar-refractivity contribution in [3.8, 4) is 5.75 Å². The van der Waals surface area contributed by atoms with E-state index < -0.39 is 9.84 Å². The molecule has 24 heavy (non-hydrogen) atoms. The fourth-order valence-corrected chi connectivity index (χ4v) is 4.88. The molecule has 0 saturated carbocycles. The molecule has 2 rings (SSSR count). The van der Waals surface area contributed by atoms with E-state index in [1.165, 1.54) is 11.8 Å². The van der Waals surface area contributed by atoms with Gasteiger partial charge in [0.2, 0.25) is 0 Å². The Labute approximate surface area is 150 Å². The van der Waals surface area contributed by atoms with Gasteiger partial charge in [0.25, 0.3) is 5.91 Å². The maximum absolute atomic E-state index is 12.4. The van der Waals surface area contributed by atoms with Gasteiger partial charge in [0.05, 0.1) is 17.1 Å². The number of nitrogens with zero attached hydrogens (tertiary/aromatic N) is 1. The summed E-state index contributed by atoms with van der Waals surface area (Å²) in [5.41, 5.74) is 0.392. The van der Waals surface area contributed by atoms with Crippen molar-refractivity contribution in [2.45, 2.75) is 26.3 Å². The number of carbonyl (C=O) groups excluding carboxylic acids is 2. The Hall–Kier alpha value is -1.41. The number of benzene rings is 1. The van der Waals surface area contributed by atoms with E-state index in [0.29, 0.717) is 24.3 Å². The highest BCUT2D eigenvalue weighted by molar-refractivity contribution is 9.10. The molecule has 1 aliphatic rings. The molecule has 0 aromatic heterocycles. The molecule has 0 bridgehead atoms. The van der Waals surface area contributed by atoms with Crippen molar-refractivity contribution >= 4 is 37.5 Å². The van der Waals surface area contributed by atoms with Crippen LogP contribution in [0.3, 0.4) is 0 Å². The zero-order valence-corrected chi connectivity index (χ0v) is 16.0. The van der Waals surface area contributed by atoms with Crippen LogP contribution in [0.25, 0.3) is 0 Å². The average Bonchev–Trinajstić information content (AvgIpc) is 2.86. The van der Waals surface area contributed by atoms with E-state index in [1.54, 1.807) is 18.2 Å². The molecule has 1 unspecified atom stereocenters. The Bertz CT molecular complexity index is 747. The molecule has 1 aliphatic heterocycles. The molecule has 1 fully saturated rings. The van der Waals surface area contributed by atoms with E-state index >= 15 is 0 Å². The molecule has 6 nitrogen and oxygen atoms in total. The molecule has 0 spiro atoms. The minimum atomic E-state index is -3.06. The summed E-state index contributed by atoms with van der Waals surface area (Å²) in [5.74, 6) is 0.0201. The predicted octanol–water partition coefficient (Wildman–Crippen LogP) is 2.07. The fourth-order valence-electron chi connectivity index (χ4n) is 2.78. The Kier molecular flexibility index (Phi) is 6.03. The molecular weight excluding hydrogens is 398 g/mol. The fraction of sp³-hybridized carbons (Fsp3) is 0.500. The van der Waals surface area contributed by atoms with E-state index in [2.05, 4.69) is 15.9 Å². The maximum atomic E-state index is 12.4. The van der Waals surface area contributed by atoms with Crippen LogP contribution < -0.4 is 4.74 Å². The molecular formula is C16H20BrNO5S. The summed E-state index contributed by atoms with van der Waals surface area (Å²) in [5, 5.41) is 0. The van der Waals surface area contributed by atoms with Crippen LogP contribution in [0.2, 0.25) is 0 Å². The van der Waals surface area contributed by atoms with Crippen molar-refractivity contribution in [2.75, 3.05) is 24.7 Å². The van der Waals surface area contributed by atoms with Crippen molar-refractivity contribution in [1.29, 1.82) is 0 Å². The molecule has 132 valence electrons. The van der Waals surface area contributed by atoms with E-state index in [-0.39, 0.29) is 35.8 Å². The van der Waals surface area contributed by atoms with Crippen molar-refractivity contribution in [3.63, 3.8) is 0 Å². The first kappa shape index (κ1) is 18.9. The highest BCUT2D eigenvalue weighted by atomic mass is 79.9. The van der Waals surface area contributed by atoms with Gasteiger partial charge in [-0.1, -0.05) is 15.9 Å². The van der Waals surface area contributed by atoms with E-state index in [1.807, 2.05) is 6.92 Å². The van der Waals surface area contributed by atoms with Gasteiger partial charge in [0.1, 0.15) is 5.75 Å². The number of ketones is 1. The van der Waals surface area contributed by atoms with Crippen LogP contribution in [0.4, 0.5) is 0 Å². The van der Waals surface area contributed by atoms with Gasteiger partial charge in [-0.2, -0.15) is 0 Å². The first-order chi connectivity index (χ1) is 11.2. The largest absolute Gasteiger partial charge is 0.483 e. The Morgan fingerprint density at radius 2 is 2.08 bits per heavy atom. The molecule has 1 atom stereocenters. The Morgan fingerprint density at radius 1 is 1.38 bits per heavy atom. The van der Waals surface area contributed by atoms with Crippen LogP contribution in [-0.4, -0.2) is 55.7 Å². The highest BCUT2D eigenvalue weighted by Crippen LogP contribution is 2.24. The van der Waals surface area contributed by atoms with Gasteiger partial charge < -0.3 is 9.64 Å². The summed E-state index contributed by atoms with van der Waals surface area (Å²) >= 11 is 3.29. The number of amides is 1. The lowest BCUT2D eigenvalue weighted by molar-refractivity contribution is -0.135. The number of likely N-dealkylation sites (N-methyl/N-ethyl adjacent to an activating group) is 1. The maximum Gasteiger partial charge on any atom is 0.260 e. The lowest BCUT2D eigenvalue weighted by atomic mass is 10.1. The minimum absolute atomic E-state index is 0.00353. The summed E-state index contributed by atoms with van der Waals surface area (Å²) in [6.45, 7) is 3.43. The number of hydrogen-bond donors (Lipinski definition) is 0. The highest BCUT2D eigenvalue weighted by Gasteiger charge is 2.34. The van der Waals surface area contributed by atoms with Crippen LogP contribution in [0.15, 0.2) is 22.7 Å². The quantitative estimate of drug-likeness (QED) is 0.661. The normalized spacial score (nSPS) is 19.0. The third-order valence-electron chi connectivity index (χ3n) is 3.98. The van der Waals surface area contributed by atoms with Crippen molar-refractivity contribution in [1.82, 2.24) is 4.90 Å².